The third-order valence-corrected chi connectivity index (χ3v) is 4.25. The zero-order valence-electron chi connectivity index (χ0n) is 10.8. The molecule has 1 atom stereocenters. The first-order chi connectivity index (χ1) is 9.92. The quantitative estimate of drug-likeness (QED) is 0.670. The molecule has 3 aliphatic rings. The van der Waals surface area contributed by atoms with Crippen molar-refractivity contribution < 1.29 is 0 Å². The van der Waals surface area contributed by atoms with E-state index in [-0.39, 0.29) is 0 Å². The van der Waals surface area contributed by atoms with Crippen LogP contribution in [0.2, 0.25) is 0 Å². The van der Waals surface area contributed by atoms with E-state index < -0.39 is 0 Å². The van der Waals surface area contributed by atoms with Gasteiger partial charge in [0.1, 0.15) is 5.82 Å². The number of benzene rings is 1. The van der Waals surface area contributed by atoms with Gasteiger partial charge in [0.2, 0.25) is 0 Å². The molecule has 2 nitrogen and oxygen atoms in total. The minimum atomic E-state index is 0.291. The van der Waals surface area contributed by atoms with Crippen LogP contribution in [0.4, 0.5) is 5.82 Å². The standard InChI is InChI=1S/C18H12N2/c1-2-8-14-13(5-1)11-20-16-10-4-7-12-6-3-9-15(17(12)16)19-18(14)20/h1-11,17H. The zero-order valence-corrected chi connectivity index (χ0v) is 10.8. The molecule has 1 unspecified atom stereocenters. The molecule has 2 aromatic rings. The fraction of sp³-hybridized carbons (Fsp3) is 0.0556. The number of aliphatic imine (C=N–C) groups is 1. The van der Waals surface area contributed by atoms with Gasteiger partial charge >= 0.3 is 0 Å². The lowest BCUT2D eigenvalue weighted by Crippen LogP contribution is -2.25. The molecule has 0 N–H and O–H groups in total. The number of aromatic nitrogens is 1. The van der Waals surface area contributed by atoms with E-state index in [1.165, 1.54) is 22.0 Å². The Kier molecular flexibility index (Phi) is 1.78. The van der Waals surface area contributed by atoms with Crippen LogP contribution in [0.1, 0.15) is 0 Å². The van der Waals surface area contributed by atoms with Crippen LogP contribution in [0.5, 0.6) is 0 Å². The van der Waals surface area contributed by atoms with Crippen molar-refractivity contribution in [1.29, 1.82) is 0 Å². The summed E-state index contributed by atoms with van der Waals surface area (Å²) in [6, 6.07) is 8.45. The van der Waals surface area contributed by atoms with Crippen molar-refractivity contribution in [1.82, 2.24) is 4.57 Å². The van der Waals surface area contributed by atoms with Crippen molar-refractivity contribution >= 4 is 28.0 Å². The van der Waals surface area contributed by atoms with Crippen molar-refractivity contribution in [2.45, 2.75) is 0 Å². The van der Waals surface area contributed by atoms with E-state index >= 15 is 0 Å². The number of rotatable bonds is 0. The molecule has 20 heavy (non-hydrogen) atoms. The Bertz CT molecular complexity index is 901. The number of hydrogen-bond acceptors (Lipinski definition) is 1. The molecule has 2 aliphatic carbocycles. The summed E-state index contributed by atoms with van der Waals surface area (Å²) in [6.07, 6.45) is 15.1. The van der Waals surface area contributed by atoms with E-state index in [0.29, 0.717) is 5.92 Å². The lowest BCUT2D eigenvalue weighted by Gasteiger charge is -2.31. The molecule has 0 spiro atoms. The largest absolute Gasteiger partial charge is 0.303 e. The molecule has 0 saturated carbocycles. The molecule has 0 bridgehead atoms. The van der Waals surface area contributed by atoms with Gasteiger partial charge in [0.25, 0.3) is 0 Å². The topological polar surface area (TPSA) is 17.3 Å². The first kappa shape index (κ1) is 10.2. The van der Waals surface area contributed by atoms with Crippen LogP contribution in [0, 0.1) is 5.92 Å². The Morgan fingerprint density at radius 1 is 1.00 bits per heavy atom. The summed E-state index contributed by atoms with van der Waals surface area (Å²) in [5, 5.41) is 2.47. The molecular weight excluding hydrogens is 244 g/mol. The summed E-state index contributed by atoms with van der Waals surface area (Å²) < 4.78 is 2.25. The highest BCUT2D eigenvalue weighted by atomic mass is 15.1. The first-order valence-electron chi connectivity index (χ1n) is 6.87. The van der Waals surface area contributed by atoms with Crippen molar-refractivity contribution in [3.8, 4) is 0 Å². The summed E-state index contributed by atoms with van der Waals surface area (Å²) in [5.74, 6) is 1.35. The second kappa shape index (κ2) is 3.48. The van der Waals surface area contributed by atoms with Gasteiger partial charge in [0.15, 0.2) is 0 Å². The average Bonchev–Trinajstić information content (AvgIpc) is 2.87. The van der Waals surface area contributed by atoms with E-state index in [9.17, 15) is 0 Å². The van der Waals surface area contributed by atoms with E-state index in [4.69, 9.17) is 4.99 Å². The highest BCUT2D eigenvalue weighted by molar-refractivity contribution is 6.12. The Labute approximate surface area is 116 Å². The maximum atomic E-state index is 4.92. The highest BCUT2D eigenvalue weighted by Gasteiger charge is 2.31. The Balaban J connectivity index is 1.91. The highest BCUT2D eigenvalue weighted by Crippen LogP contribution is 2.43. The van der Waals surface area contributed by atoms with E-state index in [0.717, 1.165) is 11.5 Å². The third kappa shape index (κ3) is 1.16. The lowest BCUT2D eigenvalue weighted by molar-refractivity contribution is 0.913. The number of hydrogen-bond donors (Lipinski definition) is 0. The van der Waals surface area contributed by atoms with Crippen LogP contribution in [-0.2, 0) is 0 Å². The second-order valence-corrected chi connectivity index (χ2v) is 5.36. The normalized spacial score (nSPS) is 22.0. The van der Waals surface area contributed by atoms with Crippen molar-refractivity contribution in [3.05, 3.63) is 72.5 Å². The van der Waals surface area contributed by atoms with Gasteiger partial charge in [-0.15, -0.1) is 0 Å². The molecule has 0 saturated heterocycles. The lowest BCUT2D eigenvalue weighted by atomic mass is 9.83. The van der Waals surface area contributed by atoms with Crippen LogP contribution in [0.25, 0.3) is 16.5 Å². The van der Waals surface area contributed by atoms with Crippen molar-refractivity contribution in [2.75, 3.05) is 0 Å². The van der Waals surface area contributed by atoms with Crippen molar-refractivity contribution in [3.63, 3.8) is 0 Å². The van der Waals surface area contributed by atoms with Crippen LogP contribution in [0.3, 0.4) is 0 Å². The second-order valence-electron chi connectivity index (χ2n) is 5.36. The van der Waals surface area contributed by atoms with E-state index in [2.05, 4.69) is 71.5 Å². The molecular formula is C18H12N2. The number of fused-ring (bicyclic) bond motifs is 4. The maximum Gasteiger partial charge on any atom is 0.145 e. The zero-order chi connectivity index (χ0) is 13.1. The molecule has 0 radical (unpaired) electrons. The summed E-state index contributed by atoms with van der Waals surface area (Å²) in [5.41, 5.74) is 3.78. The molecule has 94 valence electrons. The number of allylic oxidation sites excluding steroid dienone is 8. The summed E-state index contributed by atoms with van der Waals surface area (Å²) in [4.78, 5) is 4.92. The van der Waals surface area contributed by atoms with Gasteiger partial charge in [0, 0.05) is 22.7 Å². The Morgan fingerprint density at radius 3 is 2.90 bits per heavy atom. The first-order valence-corrected chi connectivity index (χ1v) is 6.87. The van der Waals surface area contributed by atoms with Crippen molar-refractivity contribution in [2.24, 2.45) is 10.9 Å². The van der Waals surface area contributed by atoms with Crippen LogP contribution < -0.4 is 0 Å². The fourth-order valence-electron chi connectivity index (χ4n) is 3.35. The smallest absolute Gasteiger partial charge is 0.145 e. The van der Waals surface area contributed by atoms with E-state index in [1.807, 2.05) is 0 Å². The van der Waals surface area contributed by atoms with Crippen LogP contribution in [0.15, 0.2) is 77.5 Å². The molecule has 1 aliphatic heterocycles. The molecule has 2 heteroatoms. The molecule has 1 aromatic heterocycles. The molecule has 0 amide bonds. The summed E-state index contributed by atoms with van der Waals surface area (Å²) in [7, 11) is 0. The van der Waals surface area contributed by atoms with Gasteiger partial charge in [-0.05, 0) is 17.7 Å². The van der Waals surface area contributed by atoms with Gasteiger partial charge in [-0.1, -0.05) is 48.6 Å². The monoisotopic (exact) mass is 256 g/mol. The molecule has 2 heterocycles. The van der Waals surface area contributed by atoms with Gasteiger partial charge < -0.3 is 4.57 Å². The molecule has 5 rings (SSSR count). The van der Waals surface area contributed by atoms with Gasteiger partial charge in [-0.25, -0.2) is 4.99 Å². The van der Waals surface area contributed by atoms with Crippen LogP contribution >= 0.6 is 0 Å². The maximum absolute atomic E-state index is 4.92. The predicted octanol–water partition coefficient (Wildman–Crippen LogP) is 4.25. The SMILES string of the molecule is C1=CC2=CC=CC3=Nc4c5ccccc5cn4C(=C1)C23. The predicted molar refractivity (Wildman–Crippen MR) is 83.2 cm³/mol. The summed E-state index contributed by atoms with van der Waals surface area (Å²) >= 11 is 0. The minimum Gasteiger partial charge on any atom is -0.303 e. The summed E-state index contributed by atoms with van der Waals surface area (Å²) in [6.45, 7) is 0. The molecule has 0 fully saturated rings. The van der Waals surface area contributed by atoms with Crippen LogP contribution in [-0.4, -0.2) is 10.3 Å². The third-order valence-electron chi connectivity index (χ3n) is 4.25. The molecule has 1 aromatic carbocycles. The minimum absolute atomic E-state index is 0.291. The number of nitrogens with zero attached hydrogens (tertiary/aromatic N) is 2. The Hall–Kier alpha value is -2.61. The van der Waals surface area contributed by atoms with Gasteiger partial charge in [0.05, 0.1) is 11.6 Å². The fourth-order valence-corrected chi connectivity index (χ4v) is 3.35. The van der Waals surface area contributed by atoms with Gasteiger partial charge in [-0.3, -0.25) is 0 Å². The van der Waals surface area contributed by atoms with Gasteiger partial charge in [-0.2, -0.15) is 0 Å². The average molecular weight is 256 g/mol. The van der Waals surface area contributed by atoms with E-state index in [1.54, 1.807) is 0 Å². The Morgan fingerprint density at radius 2 is 1.90 bits per heavy atom.